The molecule has 0 spiro atoms. The molecule has 0 saturated carbocycles. The molecular weight excluding hydrogens is 593 g/mol. The summed E-state index contributed by atoms with van der Waals surface area (Å²) in [4.78, 5) is 19.4. The van der Waals surface area contributed by atoms with E-state index in [0.717, 1.165) is 88.7 Å². The highest BCUT2D eigenvalue weighted by Crippen LogP contribution is 2.39. The molecule has 6 heterocycles. The first-order chi connectivity index (χ1) is 23.3. The Morgan fingerprint density at radius 1 is 0.362 bits per heavy atom. The second-order valence-corrected chi connectivity index (χ2v) is 12.5. The topological polar surface area (TPSA) is 57.4 Å². The molecule has 2 N–H and O–H groups in total. The van der Waals surface area contributed by atoms with Crippen LogP contribution in [0.25, 0.3) is 90.2 Å². The molecule has 3 aromatic carbocycles. The van der Waals surface area contributed by atoms with Crippen molar-refractivity contribution < 1.29 is 0 Å². The third kappa shape index (κ3) is 4.85. The lowest BCUT2D eigenvalue weighted by atomic mass is 10.0. The number of aromatic amines is 2. The van der Waals surface area contributed by atoms with Crippen LogP contribution in [-0.4, -0.2) is 19.9 Å². The van der Waals surface area contributed by atoms with E-state index in [9.17, 15) is 0 Å². The van der Waals surface area contributed by atoms with Gasteiger partial charge in [-0.25, -0.2) is 9.97 Å². The number of benzene rings is 3. The van der Waals surface area contributed by atoms with Crippen molar-refractivity contribution in [2.24, 2.45) is 0 Å². The van der Waals surface area contributed by atoms with Crippen LogP contribution in [0, 0.1) is 0 Å². The average molecular weight is 621 g/mol. The third-order valence-corrected chi connectivity index (χ3v) is 9.60. The Morgan fingerprint density at radius 3 is 1.09 bits per heavy atom. The number of hydrogen-bond donors (Lipinski definition) is 2. The zero-order valence-corrected chi connectivity index (χ0v) is 26.1. The lowest BCUT2D eigenvalue weighted by molar-refractivity contribution is 1.31. The number of fused-ring (bicyclic) bond motifs is 8. The largest absolute Gasteiger partial charge is 0.354 e. The summed E-state index contributed by atoms with van der Waals surface area (Å²) in [7, 11) is 0. The van der Waals surface area contributed by atoms with Gasteiger partial charge in [-0.2, -0.15) is 0 Å². The monoisotopic (exact) mass is 620 g/mol. The van der Waals surface area contributed by atoms with Crippen LogP contribution in [0.4, 0.5) is 0 Å². The number of nitrogens with one attached hydrogen (secondary N) is 2. The molecule has 0 atom stereocenters. The molecule has 0 saturated heterocycles. The van der Waals surface area contributed by atoms with Crippen LogP contribution in [-0.2, 0) is 0 Å². The zero-order valence-electron chi connectivity index (χ0n) is 25.3. The Morgan fingerprint density at radius 2 is 0.723 bits per heavy atom. The minimum absolute atomic E-state index is 0.910. The lowest BCUT2D eigenvalue weighted by Crippen LogP contribution is -1.89. The summed E-state index contributed by atoms with van der Waals surface area (Å²) < 4.78 is 0. The van der Waals surface area contributed by atoms with Crippen molar-refractivity contribution in [3.63, 3.8) is 0 Å². The number of thiophene rings is 1. The zero-order chi connectivity index (χ0) is 31.2. The highest BCUT2D eigenvalue weighted by atomic mass is 32.1. The fourth-order valence-electron chi connectivity index (χ4n) is 6.61. The second kappa shape index (κ2) is 11.4. The van der Waals surface area contributed by atoms with Gasteiger partial charge in [0.15, 0.2) is 0 Å². The number of H-pyrrole nitrogens is 2. The Balaban J connectivity index is 1.49. The van der Waals surface area contributed by atoms with E-state index in [1.807, 2.05) is 0 Å². The van der Waals surface area contributed by atoms with Gasteiger partial charge in [-0.3, -0.25) is 0 Å². The molecule has 0 amide bonds. The van der Waals surface area contributed by atoms with Crippen LogP contribution in [0.3, 0.4) is 0 Å². The van der Waals surface area contributed by atoms with E-state index in [4.69, 9.17) is 9.97 Å². The number of nitrogens with zero attached hydrogens (tertiary/aromatic N) is 2. The van der Waals surface area contributed by atoms with Crippen molar-refractivity contribution in [3.8, 4) is 43.8 Å². The summed E-state index contributed by atoms with van der Waals surface area (Å²) in [6, 6.07) is 44.5. The van der Waals surface area contributed by atoms with Gasteiger partial charge >= 0.3 is 0 Å². The molecule has 5 heteroatoms. The maximum atomic E-state index is 5.34. The Kier molecular flexibility index (Phi) is 6.61. The fourth-order valence-corrected chi connectivity index (χ4v) is 7.40. The number of hydrogen-bond acceptors (Lipinski definition) is 3. The predicted molar refractivity (Wildman–Crippen MR) is 198 cm³/mol. The first kappa shape index (κ1) is 27.3. The van der Waals surface area contributed by atoms with E-state index in [1.165, 1.54) is 0 Å². The molecule has 4 aromatic heterocycles. The first-order valence-corrected chi connectivity index (χ1v) is 16.5. The van der Waals surface area contributed by atoms with Gasteiger partial charge in [-0.15, -0.1) is 11.3 Å². The molecular formula is C42H28N4S. The van der Waals surface area contributed by atoms with Crippen molar-refractivity contribution in [1.29, 1.82) is 0 Å². The van der Waals surface area contributed by atoms with Crippen molar-refractivity contribution in [1.82, 2.24) is 19.9 Å². The Hall–Kier alpha value is -6.04. The molecule has 222 valence electrons. The maximum Gasteiger partial charge on any atom is 0.0745 e. The van der Waals surface area contributed by atoms with E-state index in [1.54, 1.807) is 11.3 Å². The summed E-state index contributed by atoms with van der Waals surface area (Å²) in [6.45, 7) is 0. The highest BCUT2D eigenvalue weighted by molar-refractivity contribution is 7.13. The van der Waals surface area contributed by atoms with Gasteiger partial charge in [-0.1, -0.05) is 97.1 Å². The maximum absolute atomic E-state index is 5.34. The minimum Gasteiger partial charge on any atom is -0.354 e. The summed E-state index contributed by atoms with van der Waals surface area (Å²) in [5, 5.41) is 2.12. The standard InChI is InChI=1S/C42H28N4S/c1-4-11-27(12-5-1)39-30-18-20-32(43-30)40(28-13-6-2-7-14-28)34-22-24-36(45-34)42(38-17-10-26-47-38)37-25-23-35(46-37)41(29-15-8-3-9-16-29)33-21-19-31(39)44-33/h1-26,43,46H. The molecule has 0 aliphatic carbocycles. The molecule has 2 aliphatic heterocycles. The molecule has 0 radical (unpaired) electrons. The van der Waals surface area contributed by atoms with E-state index >= 15 is 0 Å². The number of rotatable bonds is 4. The van der Waals surface area contributed by atoms with Crippen molar-refractivity contribution in [2.45, 2.75) is 0 Å². The van der Waals surface area contributed by atoms with Gasteiger partial charge in [0.05, 0.1) is 22.8 Å². The highest BCUT2D eigenvalue weighted by Gasteiger charge is 2.18. The average Bonchev–Trinajstić information content (AvgIpc) is 3.97. The molecule has 2 aliphatic rings. The van der Waals surface area contributed by atoms with Crippen LogP contribution in [0.1, 0.15) is 22.8 Å². The summed E-state index contributed by atoms with van der Waals surface area (Å²) in [5.41, 5.74) is 15.2. The van der Waals surface area contributed by atoms with Gasteiger partial charge in [0, 0.05) is 49.2 Å². The Bertz CT molecular complexity index is 2450. The van der Waals surface area contributed by atoms with E-state index in [-0.39, 0.29) is 0 Å². The SMILES string of the molecule is C1=Cc2nc1c(-c1ccccc1)c1ccc([nH]1)c(-c1ccccc1)c1nc(c(-c3cccs3)c3ccc([nH]3)c2-c2ccccc2)C=C1. The second-order valence-electron chi connectivity index (χ2n) is 11.6. The predicted octanol–water partition coefficient (Wildman–Crippen LogP) is 11.4. The summed E-state index contributed by atoms with van der Waals surface area (Å²) in [5.74, 6) is 0. The Labute approximate surface area is 276 Å². The van der Waals surface area contributed by atoms with E-state index in [0.29, 0.717) is 0 Å². The van der Waals surface area contributed by atoms with Crippen LogP contribution in [0.15, 0.2) is 133 Å². The number of aromatic nitrogens is 4. The fraction of sp³-hybridized carbons (Fsp3) is 0. The first-order valence-electron chi connectivity index (χ1n) is 15.7. The van der Waals surface area contributed by atoms with Crippen molar-refractivity contribution in [2.75, 3.05) is 0 Å². The molecule has 47 heavy (non-hydrogen) atoms. The normalized spacial score (nSPS) is 12.1. The van der Waals surface area contributed by atoms with Gasteiger partial charge in [0.2, 0.25) is 0 Å². The third-order valence-electron chi connectivity index (χ3n) is 8.71. The van der Waals surface area contributed by atoms with Gasteiger partial charge in [-0.05, 0) is 76.7 Å². The van der Waals surface area contributed by atoms with Crippen molar-refractivity contribution >= 4 is 57.7 Å². The minimum atomic E-state index is 0.910. The molecule has 0 fully saturated rings. The van der Waals surface area contributed by atoms with E-state index < -0.39 is 0 Å². The molecule has 7 aromatic rings. The van der Waals surface area contributed by atoms with Gasteiger partial charge in [0.1, 0.15) is 0 Å². The molecule has 0 unspecified atom stereocenters. The van der Waals surface area contributed by atoms with Gasteiger partial charge < -0.3 is 9.97 Å². The van der Waals surface area contributed by atoms with Gasteiger partial charge in [0.25, 0.3) is 0 Å². The smallest absolute Gasteiger partial charge is 0.0745 e. The summed E-state index contributed by atoms with van der Waals surface area (Å²) >= 11 is 1.72. The van der Waals surface area contributed by atoms with Crippen LogP contribution in [0.2, 0.25) is 0 Å². The quantitative estimate of drug-likeness (QED) is 0.206. The van der Waals surface area contributed by atoms with E-state index in [2.05, 4.69) is 167 Å². The van der Waals surface area contributed by atoms with Crippen LogP contribution >= 0.6 is 11.3 Å². The lowest BCUT2D eigenvalue weighted by Gasteiger charge is -2.06. The molecule has 9 rings (SSSR count). The molecule has 4 nitrogen and oxygen atoms in total. The summed E-state index contributed by atoms with van der Waals surface area (Å²) in [6.07, 6.45) is 8.56. The van der Waals surface area contributed by atoms with Crippen molar-refractivity contribution in [3.05, 3.63) is 156 Å². The molecule has 8 bridgehead atoms. The van der Waals surface area contributed by atoms with Crippen LogP contribution in [0.5, 0.6) is 0 Å². The van der Waals surface area contributed by atoms with Crippen LogP contribution < -0.4 is 0 Å².